The van der Waals surface area contributed by atoms with Crippen LogP contribution in [0.1, 0.15) is 30.9 Å². The van der Waals surface area contributed by atoms with E-state index in [9.17, 15) is 18.5 Å². The number of nitrogens with zero attached hydrogens (tertiary/aromatic N) is 1. The SMILES string of the molecule is CCCCc1ccc(S(=O)(=O)Nc2ccc(C)c([N+](=O)[O-])c2)cc1. The molecule has 0 saturated carbocycles. The van der Waals surface area contributed by atoms with Crippen LogP contribution in [-0.4, -0.2) is 13.3 Å². The van der Waals surface area contributed by atoms with Crippen LogP contribution in [0.25, 0.3) is 0 Å². The molecule has 0 aliphatic heterocycles. The lowest BCUT2D eigenvalue weighted by atomic mass is 10.1. The van der Waals surface area contributed by atoms with Crippen molar-refractivity contribution in [3.8, 4) is 0 Å². The molecule has 0 bridgehead atoms. The van der Waals surface area contributed by atoms with Crippen molar-refractivity contribution in [2.24, 2.45) is 0 Å². The Balaban J connectivity index is 2.22. The Labute approximate surface area is 141 Å². The summed E-state index contributed by atoms with van der Waals surface area (Å²) in [4.78, 5) is 10.6. The number of aryl methyl sites for hydroxylation is 2. The van der Waals surface area contributed by atoms with Crippen molar-refractivity contribution in [2.75, 3.05) is 4.72 Å². The largest absolute Gasteiger partial charge is 0.279 e. The number of rotatable bonds is 7. The minimum atomic E-state index is -3.78. The van der Waals surface area contributed by atoms with E-state index in [0.717, 1.165) is 24.8 Å². The zero-order valence-electron chi connectivity index (χ0n) is 13.7. The van der Waals surface area contributed by atoms with Crippen molar-refractivity contribution in [3.63, 3.8) is 0 Å². The molecule has 1 N–H and O–H groups in total. The molecular formula is C17H20N2O4S. The van der Waals surface area contributed by atoms with Gasteiger partial charge < -0.3 is 0 Å². The molecule has 0 aromatic heterocycles. The molecule has 2 rings (SSSR count). The first-order chi connectivity index (χ1) is 11.3. The molecule has 2 aromatic rings. The number of hydrogen-bond donors (Lipinski definition) is 1. The van der Waals surface area contributed by atoms with Gasteiger partial charge in [0.2, 0.25) is 0 Å². The Hall–Kier alpha value is -2.41. The number of nitrogens with one attached hydrogen (secondary N) is 1. The van der Waals surface area contributed by atoms with Crippen LogP contribution in [0.3, 0.4) is 0 Å². The maximum atomic E-state index is 12.4. The van der Waals surface area contributed by atoms with Crippen LogP contribution in [-0.2, 0) is 16.4 Å². The van der Waals surface area contributed by atoms with E-state index in [1.54, 1.807) is 31.2 Å². The molecule has 0 unspecified atom stereocenters. The van der Waals surface area contributed by atoms with Gasteiger partial charge in [0.1, 0.15) is 0 Å². The summed E-state index contributed by atoms with van der Waals surface area (Å²) in [7, 11) is -3.78. The number of benzene rings is 2. The fourth-order valence-electron chi connectivity index (χ4n) is 2.30. The fraction of sp³-hybridized carbons (Fsp3) is 0.294. The number of nitro groups is 1. The standard InChI is InChI=1S/C17H20N2O4S/c1-3-4-5-14-7-10-16(11-8-14)24(22,23)18-15-9-6-13(2)17(12-15)19(20)21/h6-12,18H,3-5H2,1-2H3. The highest BCUT2D eigenvalue weighted by Gasteiger charge is 2.17. The molecule has 24 heavy (non-hydrogen) atoms. The third-order valence-electron chi connectivity index (χ3n) is 3.71. The Morgan fingerprint density at radius 3 is 2.38 bits per heavy atom. The van der Waals surface area contributed by atoms with E-state index >= 15 is 0 Å². The lowest BCUT2D eigenvalue weighted by Gasteiger charge is -2.09. The van der Waals surface area contributed by atoms with E-state index in [4.69, 9.17) is 0 Å². The number of unbranched alkanes of at least 4 members (excludes halogenated alkanes) is 1. The van der Waals surface area contributed by atoms with Gasteiger partial charge in [0.05, 0.1) is 15.5 Å². The number of anilines is 1. The smallest absolute Gasteiger partial charge is 0.274 e. The summed E-state index contributed by atoms with van der Waals surface area (Å²) >= 11 is 0. The van der Waals surface area contributed by atoms with Gasteiger partial charge >= 0.3 is 0 Å². The molecule has 0 aliphatic carbocycles. The second kappa shape index (κ2) is 7.44. The zero-order chi connectivity index (χ0) is 17.7. The summed E-state index contributed by atoms with van der Waals surface area (Å²) in [5.74, 6) is 0. The van der Waals surface area contributed by atoms with Gasteiger partial charge in [-0.25, -0.2) is 8.42 Å². The molecule has 0 atom stereocenters. The molecular weight excluding hydrogens is 328 g/mol. The third-order valence-corrected chi connectivity index (χ3v) is 5.11. The molecule has 0 spiro atoms. The zero-order valence-corrected chi connectivity index (χ0v) is 14.5. The van der Waals surface area contributed by atoms with Gasteiger partial charge in [0, 0.05) is 11.6 Å². The molecule has 2 aromatic carbocycles. The van der Waals surface area contributed by atoms with Crippen molar-refractivity contribution in [1.29, 1.82) is 0 Å². The summed E-state index contributed by atoms with van der Waals surface area (Å²) in [5.41, 5.74) is 1.61. The Bertz CT molecular complexity index is 830. The highest BCUT2D eigenvalue weighted by atomic mass is 32.2. The van der Waals surface area contributed by atoms with Gasteiger partial charge in [0.15, 0.2) is 0 Å². The van der Waals surface area contributed by atoms with E-state index in [1.165, 1.54) is 18.2 Å². The molecule has 0 aliphatic rings. The number of nitro benzene ring substituents is 1. The molecule has 6 nitrogen and oxygen atoms in total. The normalized spacial score (nSPS) is 11.2. The Morgan fingerprint density at radius 2 is 1.79 bits per heavy atom. The number of hydrogen-bond acceptors (Lipinski definition) is 4. The van der Waals surface area contributed by atoms with Crippen LogP contribution in [0.5, 0.6) is 0 Å². The first kappa shape index (κ1) is 17.9. The van der Waals surface area contributed by atoms with Crippen molar-refractivity contribution in [2.45, 2.75) is 38.0 Å². The van der Waals surface area contributed by atoms with Crippen LogP contribution in [0, 0.1) is 17.0 Å². The number of sulfonamides is 1. The maximum Gasteiger partial charge on any atom is 0.274 e. The summed E-state index contributed by atoms with van der Waals surface area (Å²) in [6.45, 7) is 3.70. The molecule has 0 saturated heterocycles. The average Bonchev–Trinajstić information content (AvgIpc) is 2.54. The average molecular weight is 348 g/mol. The van der Waals surface area contributed by atoms with E-state index in [0.29, 0.717) is 5.56 Å². The van der Waals surface area contributed by atoms with Crippen LogP contribution in [0.4, 0.5) is 11.4 Å². The molecule has 0 fully saturated rings. The van der Waals surface area contributed by atoms with Gasteiger partial charge in [-0.05, 0) is 43.5 Å². The predicted octanol–water partition coefficient (Wildman–Crippen LogP) is 4.05. The van der Waals surface area contributed by atoms with Crippen LogP contribution in [0.15, 0.2) is 47.4 Å². The van der Waals surface area contributed by atoms with Crippen LogP contribution < -0.4 is 4.72 Å². The van der Waals surface area contributed by atoms with Crippen molar-refractivity contribution < 1.29 is 13.3 Å². The van der Waals surface area contributed by atoms with E-state index in [-0.39, 0.29) is 16.3 Å². The summed E-state index contributed by atoms with van der Waals surface area (Å²) in [6, 6.07) is 10.9. The molecule has 128 valence electrons. The molecule has 0 amide bonds. The Kier molecular flexibility index (Phi) is 5.56. The first-order valence-corrected chi connectivity index (χ1v) is 9.18. The van der Waals surface area contributed by atoms with Gasteiger partial charge in [-0.2, -0.15) is 0 Å². The lowest BCUT2D eigenvalue weighted by molar-refractivity contribution is -0.385. The van der Waals surface area contributed by atoms with Crippen molar-refractivity contribution in [1.82, 2.24) is 0 Å². The quantitative estimate of drug-likeness (QED) is 0.604. The third kappa shape index (κ3) is 4.32. The van der Waals surface area contributed by atoms with E-state index in [2.05, 4.69) is 11.6 Å². The van der Waals surface area contributed by atoms with Crippen molar-refractivity contribution >= 4 is 21.4 Å². The monoisotopic (exact) mass is 348 g/mol. The molecule has 0 radical (unpaired) electrons. The van der Waals surface area contributed by atoms with Crippen LogP contribution >= 0.6 is 0 Å². The van der Waals surface area contributed by atoms with Gasteiger partial charge in [-0.15, -0.1) is 0 Å². The summed E-state index contributed by atoms with van der Waals surface area (Å²) in [5, 5.41) is 11.0. The minimum absolute atomic E-state index is 0.120. The molecule has 0 heterocycles. The molecule has 7 heteroatoms. The second-order valence-electron chi connectivity index (χ2n) is 5.61. The Morgan fingerprint density at radius 1 is 1.12 bits per heavy atom. The fourth-order valence-corrected chi connectivity index (χ4v) is 3.35. The van der Waals surface area contributed by atoms with Gasteiger partial charge in [-0.3, -0.25) is 14.8 Å². The predicted molar refractivity (Wildman–Crippen MR) is 93.7 cm³/mol. The van der Waals surface area contributed by atoms with Gasteiger partial charge in [0.25, 0.3) is 15.7 Å². The van der Waals surface area contributed by atoms with Gasteiger partial charge in [-0.1, -0.05) is 31.5 Å². The highest BCUT2D eigenvalue weighted by molar-refractivity contribution is 7.92. The van der Waals surface area contributed by atoms with E-state index in [1.807, 2.05) is 0 Å². The minimum Gasteiger partial charge on any atom is -0.279 e. The lowest BCUT2D eigenvalue weighted by Crippen LogP contribution is -2.13. The topological polar surface area (TPSA) is 89.3 Å². The summed E-state index contributed by atoms with van der Waals surface area (Å²) in [6.07, 6.45) is 3.04. The summed E-state index contributed by atoms with van der Waals surface area (Å²) < 4.78 is 27.2. The second-order valence-corrected chi connectivity index (χ2v) is 7.29. The maximum absolute atomic E-state index is 12.4. The van der Waals surface area contributed by atoms with Crippen LogP contribution in [0.2, 0.25) is 0 Å². The van der Waals surface area contributed by atoms with E-state index < -0.39 is 14.9 Å². The highest BCUT2D eigenvalue weighted by Crippen LogP contribution is 2.24. The first-order valence-electron chi connectivity index (χ1n) is 7.70. The van der Waals surface area contributed by atoms with Crippen molar-refractivity contribution in [3.05, 3.63) is 63.7 Å².